The number of hydrogen-bond acceptors (Lipinski definition) is 4. The van der Waals surface area contributed by atoms with Gasteiger partial charge in [-0.2, -0.15) is 0 Å². The van der Waals surface area contributed by atoms with E-state index in [1.54, 1.807) is 0 Å². The van der Waals surface area contributed by atoms with Gasteiger partial charge in [-0.05, 0) is 71.5 Å². The number of ether oxygens (including phenoxy) is 4. The normalized spacial score (nSPS) is 11.0. The fourth-order valence-corrected chi connectivity index (χ4v) is 6.32. The maximum Gasteiger partial charge on any atom is 0.128 e. The van der Waals surface area contributed by atoms with Gasteiger partial charge in [0.05, 0.1) is 13.2 Å². The summed E-state index contributed by atoms with van der Waals surface area (Å²) in [6.07, 6.45) is 14.6. The third-order valence-electron chi connectivity index (χ3n) is 9.42. The zero-order chi connectivity index (χ0) is 36.1. The van der Waals surface area contributed by atoms with Crippen LogP contribution in [-0.2, 0) is 13.2 Å². The van der Waals surface area contributed by atoms with E-state index in [1.807, 2.05) is 36.4 Å². The van der Waals surface area contributed by atoms with Crippen molar-refractivity contribution in [2.45, 2.75) is 104 Å². The third-order valence-corrected chi connectivity index (χ3v) is 9.42. The molecule has 0 bridgehead atoms. The van der Waals surface area contributed by atoms with Crippen LogP contribution in [0.5, 0.6) is 23.0 Å². The summed E-state index contributed by atoms with van der Waals surface area (Å²) in [5.41, 5.74) is 6.51. The lowest BCUT2D eigenvalue weighted by Crippen LogP contribution is -2.03. The van der Waals surface area contributed by atoms with E-state index in [-0.39, 0.29) is 0 Å². The summed E-state index contributed by atoms with van der Waals surface area (Å²) >= 11 is 0. The molecule has 0 aliphatic rings. The monoisotopic (exact) mass is 698 g/mol. The second-order valence-electron chi connectivity index (χ2n) is 13.7. The number of hydrogen-bond donors (Lipinski definition) is 0. The summed E-state index contributed by atoms with van der Waals surface area (Å²) in [4.78, 5) is 0. The SMILES string of the molecule is CCCCCCCCOc1cc(-c2ccc(OCc3ccccc3)cc2)c(OCCCCCCCC)cc1-c1ccc(OCc2ccccc2)cc1. The van der Waals surface area contributed by atoms with Gasteiger partial charge in [0.25, 0.3) is 0 Å². The Morgan fingerprint density at radius 1 is 0.365 bits per heavy atom. The van der Waals surface area contributed by atoms with E-state index in [0.717, 1.165) is 69.2 Å². The standard InChI is InChI=1S/C48H58O4/c1-3-5-7-9-11-19-33-49-47-35-46(42-27-31-44(32-28-42)52-38-40-23-17-14-18-24-40)48(50-34-20-12-10-8-6-4-2)36-45(47)41-25-29-43(30-26-41)51-37-39-21-15-13-16-22-39/h13-18,21-32,35-36H,3-12,19-20,33-34,37-38H2,1-2H3. The van der Waals surface area contributed by atoms with Crippen LogP contribution in [0.4, 0.5) is 0 Å². The fraction of sp³-hybridized carbons (Fsp3) is 0.375. The molecule has 0 heterocycles. The van der Waals surface area contributed by atoms with E-state index in [1.165, 1.54) is 64.2 Å². The second-order valence-corrected chi connectivity index (χ2v) is 13.7. The van der Waals surface area contributed by atoms with Crippen molar-refractivity contribution < 1.29 is 18.9 Å². The highest BCUT2D eigenvalue weighted by molar-refractivity contribution is 5.81. The van der Waals surface area contributed by atoms with Gasteiger partial charge in [0.1, 0.15) is 36.2 Å². The molecule has 0 N–H and O–H groups in total. The van der Waals surface area contributed by atoms with Crippen LogP contribution in [-0.4, -0.2) is 13.2 Å². The summed E-state index contributed by atoms with van der Waals surface area (Å²) < 4.78 is 25.5. The van der Waals surface area contributed by atoms with E-state index in [9.17, 15) is 0 Å². The molecule has 0 aliphatic heterocycles. The van der Waals surface area contributed by atoms with E-state index in [4.69, 9.17) is 18.9 Å². The van der Waals surface area contributed by atoms with Gasteiger partial charge in [-0.3, -0.25) is 0 Å². The van der Waals surface area contributed by atoms with Crippen LogP contribution < -0.4 is 18.9 Å². The summed E-state index contributed by atoms with van der Waals surface area (Å²) in [6, 6.07) is 41.6. The average Bonchev–Trinajstić information content (AvgIpc) is 3.20. The van der Waals surface area contributed by atoms with Crippen molar-refractivity contribution in [3.8, 4) is 45.3 Å². The minimum atomic E-state index is 0.536. The number of unbranched alkanes of at least 4 members (excludes halogenated alkanes) is 10. The van der Waals surface area contributed by atoms with Crippen molar-refractivity contribution in [2.75, 3.05) is 13.2 Å². The molecule has 0 unspecified atom stereocenters. The quantitative estimate of drug-likeness (QED) is 0.0601. The Morgan fingerprint density at radius 2 is 0.731 bits per heavy atom. The van der Waals surface area contributed by atoms with Gasteiger partial charge in [0.2, 0.25) is 0 Å². The van der Waals surface area contributed by atoms with E-state index >= 15 is 0 Å². The number of benzene rings is 5. The molecule has 52 heavy (non-hydrogen) atoms. The van der Waals surface area contributed by atoms with Crippen molar-refractivity contribution in [3.63, 3.8) is 0 Å². The first-order chi connectivity index (χ1) is 25.7. The lowest BCUT2D eigenvalue weighted by molar-refractivity contribution is 0.298. The van der Waals surface area contributed by atoms with Crippen LogP contribution in [0.1, 0.15) is 102 Å². The van der Waals surface area contributed by atoms with Gasteiger partial charge in [-0.25, -0.2) is 0 Å². The van der Waals surface area contributed by atoms with Crippen LogP contribution in [0.2, 0.25) is 0 Å². The maximum absolute atomic E-state index is 6.63. The van der Waals surface area contributed by atoms with Crippen molar-refractivity contribution in [1.29, 1.82) is 0 Å². The third kappa shape index (κ3) is 12.8. The number of rotatable bonds is 24. The molecule has 0 radical (unpaired) electrons. The van der Waals surface area contributed by atoms with Crippen LogP contribution in [0.25, 0.3) is 22.3 Å². The highest BCUT2D eigenvalue weighted by Crippen LogP contribution is 2.42. The molecule has 5 aromatic carbocycles. The van der Waals surface area contributed by atoms with Gasteiger partial charge in [0.15, 0.2) is 0 Å². The Labute approximate surface area is 313 Å². The van der Waals surface area contributed by atoms with Crippen molar-refractivity contribution in [3.05, 3.63) is 132 Å². The first-order valence-corrected chi connectivity index (χ1v) is 19.7. The predicted octanol–water partition coefficient (Wildman–Crippen LogP) is 13.7. The van der Waals surface area contributed by atoms with Gasteiger partial charge < -0.3 is 18.9 Å². The Balaban J connectivity index is 1.39. The first kappa shape index (κ1) is 38.5. The lowest BCUT2D eigenvalue weighted by atomic mass is 9.97. The van der Waals surface area contributed by atoms with Gasteiger partial charge in [-0.15, -0.1) is 0 Å². The van der Waals surface area contributed by atoms with E-state index < -0.39 is 0 Å². The van der Waals surface area contributed by atoms with Gasteiger partial charge in [0, 0.05) is 11.1 Å². The zero-order valence-corrected chi connectivity index (χ0v) is 31.5. The largest absolute Gasteiger partial charge is 0.493 e. The predicted molar refractivity (Wildman–Crippen MR) is 217 cm³/mol. The second kappa shape index (κ2) is 22.3. The molecule has 0 spiro atoms. The topological polar surface area (TPSA) is 36.9 Å². The Kier molecular flexibility index (Phi) is 16.5. The van der Waals surface area contributed by atoms with E-state index in [0.29, 0.717) is 26.4 Å². The summed E-state index contributed by atoms with van der Waals surface area (Å²) in [6.45, 7) is 6.96. The first-order valence-electron chi connectivity index (χ1n) is 19.7. The molecule has 274 valence electrons. The molecule has 4 nitrogen and oxygen atoms in total. The fourth-order valence-electron chi connectivity index (χ4n) is 6.32. The summed E-state index contributed by atoms with van der Waals surface area (Å²) in [7, 11) is 0. The Hall–Kier alpha value is -4.70. The Morgan fingerprint density at radius 3 is 1.12 bits per heavy atom. The molecule has 5 rings (SSSR count). The summed E-state index contributed by atoms with van der Waals surface area (Å²) in [5, 5.41) is 0. The van der Waals surface area contributed by atoms with Crippen molar-refractivity contribution in [2.24, 2.45) is 0 Å². The lowest BCUT2D eigenvalue weighted by Gasteiger charge is -2.19. The molecule has 0 aromatic heterocycles. The average molecular weight is 699 g/mol. The van der Waals surface area contributed by atoms with Crippen LogP contribution in [0, 0.1) is 0 Å². The van der Waals surface area contributed by atoms with Crippen LogP contribution in [0.3, 0.4) is 0 Å². The molecule has 0 aliphatic carbocycles. The minimum Gasteiger partial charge on any atom is -0.493 e. The van der Waals surface area contributed by atoms with E-state index in [2.05, 4.69) is 98.8 Å². The Bertz CT molecular complexity index is 1550. The molecule has 0 amide bonds. The van der Waals surface area contributed by atoms with Gasteiger partial charge >= 0.3 is 0 Å². The molecule has 0 saturated heterocycles. The van der Waals surface area contributed by atoms with Crippen molar-refractivity contribution >= 4 is 0 Å². The highest BCUT2D eigenvalue weighted by atomic mass is 16.5. The maximum atomic E-state index is 6.63. The van der Waals surface area contributed by atoms with Crippen LogP contribution in [0.15, 0.2) is 121 Å². The van der Waals surface area contributed by atoms with Gasteiger partial charge in [-0.1, -0.05) is 163 Å². The molecular formula is C48H58O4. The molecular weight excluding hydrogens is 641 g/mol. The molecule has 0 fully saturated rings. The molecule has 0 atom stereocenters. The molecule has 0 saturated carbocycles. The molecule has 4 heteroatoms. The highest BCUT2D eigenvalue weighted by Gasteiger charge is 2.17. The van der Waals surface area contributed by atoms with Crippen LogP contribution >= 0.6 is 0 Å². The minimum absolute atomic E-state index is 0.536. The smallest absolute Gasteiger partial charge is 0.128 e. The summed E-state index contributed by atoms with van der Waals surface area (Å²) in [5.74, 6) is 3.43. The van der Waals surface area contributed by atoms with Crippen molar-refractivity contribution in [1.82, 2.24) is 0 Å². The molecule has 5 aromatic rings. The zero-order valence-electron chi connectivity index (χ0n) is 31.5.